The molecule has 140 valence electrons. The Bertz CT molecular complexity index is 791. The molecule has 0 bridgehead atoms. The Morgan fingerprint density at radius 2 is 1.33 bits per heavy atom. The van der Waals surface area contributed by atoms with Gasteiger partial charge in [0.05, 0.1) is 17.1 Å². The maximum Gasteiger partial charge on any atom is 0.0634 e. The highest BCUT2D eigenvalue weighted by molar-refractivity contribution is 6.31. The van der Waals surface area contributed by atoms with Crippen LogP contribution in [0.2, 0.25) is 0 Å². The number of benzene rings is 2. The molecule has 0 fully saturated rings. The molecule has 0 aliphatic rings. The third kappa shape index (κ3) is 7.57. The molecule has 2 rings (SSSR count). The largest absolute Gasteiger partial charge is 0.255 e. The summed E-state index contributed by atoms with van der Waals surface area (Å²) in [6, 6.07) is 16.6. The molecule has 2 heteroatoms. The van der Waals surface area contributed by atoms with Gasteiger partial charge in [0.15, 0.2) is 0 Å². The first-order chi connectivity index (χ1) is 13.2. The predicted molar refractivity (Wildman–Crippen MR) is 122 cm³/mol. The molecule has 0 aliphatic carbocycles. The number of nitrogens with zero attached hydrogens (tertiary/aromatic N) is 2. The van der Waals surface area contributed by atoms with Gasteiger partial charge in [-0.05, 0) is 62.1 Å². The molecule has 0 radical (unpaired) electrons. The van der Waals surface area contributed by atoms with Crippen LogP contribution in [0.15, 0.2) is 70.7 Å². The first-order valence-electron chi connectivity index (χ1n) is 9.82. The molecule has 0 unspecified atom stereocenters. The van der Waals surface area contributed by atoms with Crippen LogP contribution >= 0.6 is 0 Å². The van der Waals surface area contributed by atoms with E-state index in [-0.39, 0.29) is 0 Å². The fraction of sp³-hybridized carbons (Fsp3) is 0.280. The Morgan fingerprint density at radius 3 is 1.85 bits per heavy atom. The standard InChI is InChI=1S/C25H30N2/c1-4-7-8-11-25(27-24-18-14-22(10-6-3)15-19-24)20-26-23-16-12-21(9-5-2)13-17-23/h5-6,9-10,12-20H,4,7-8,11H2,1-3H3/b9-5-,10-6-,26-20?,27-25?. The van der Waals surface area contributed by atoms with E-state index in [1.54, 1.807) is 0 Å². The average molecular weight is 359 g/mol. The lowest BCUT2D eigenvalue weighted by Crippen LogP contribution is -1.99. The van der Waals surface area contributed by atoms with Crippen molar-refractivity contribution in [2.24, 2.45) is 9.98 Å². The summed E-state index contributed by atoms with van der Waals surface area (Å²) in [7, 11) is 0. The molecule has 0 N–H and O–H groups in total. The van der Waals surface area contributed by atoms with Crippen LogP contribution in [0.1, 0.15) is 57.6 Å². The van der Waals surface area contributed by atoms with Crippen molar-refractivity contribution >= 4 is 35.5 Å². The van der Waals surface area contributed by atoms with E-state index >= 15 is 0 Å². The van der Waals surface area contributed by atoms with Crippen molar-refractivity contribution in [1.29, 1.82) is 0 Å². The number of allylic oxidation sites excluding steroid dienone is 2. The summed E-state index contributed by atoms with van der Waals surface area (Å²) in [4.78, 5) is 9.46. The Balaban J connectivity index is 2.16. The summed E-state index contributed by atoms with van der Waals surface area (Å²) in [5, 5.41) is 0. The van der Waals surface area contributed by atoms with Gasteiger partial charge in [-0.3, -0.25) is 9.98 Å². The highest BCUT2D eigenvalue weighted by Crippen LogP contribution is 2.17. The minimum atomic E-state index is 0.949. The minimum Gasteiger partial charge on any atom is -0.255 e. The molecule has 0 aromatic heterocycles. The molecular formula is C25H30N2. The van der Waals surface area contributed by atoms with E-state index in [1.165, 1.54) is 24.0 Å². The smallest absolute Gasteiger partial charge is 0.0634 e. The van der Waals surface area contributed by atoms with Gasteiger partial charge >= 0.3 is 0 Å². The number of unbranched alkanes of at least 4 members (excludes halogenated alkanes) is 2. The van der Waals surface area contributed by atoms with Crippen LogP contribution in [0.3, 0.4) is 0 Å². The molecule has 0 aliphatic heterocycles. The second-order valence-electron chi connectivity index (χ2n) is 6.50. The van der Waals surface area contributed by atoms with Crippen LogP contribution in [0.5, 0.6) is 0 Å². The quantitative estimate of drug-likeness (QED) is 0.322. The number of hydrogen-bond donors (Lipinski definition) is 0. The minimum absolute atomic E-state index is 0.949. The predicted octanol–water partition coefficient (Wildman–Crippen LogP) is 7.81. The third-order valence-electron chi connectivity index (χ3n) is 4.18. The molecule has 0 atom stereocenters. The molecule has 2 aromatic rings. The molecule has 0 saturated heterocycles. The van der Waals surface area contributed by atoms with Gasteiger partial charge in [0.25, 0.3) is 0 Å². The van der Waals surface area contributed by atoms with Gasteiger partial charge in [0, 0.05) is 6.21 Å². The van der Waals surface area contributed by atoms with Crippen LogP contribution in [0.25, 0.3) is 12.2 Å². The lowest BCUT2D eigenvalue weighted by atomic mass is 10.1. The molecule has 2 nitrogen and oxygen atoms in total. The third-order valence-corrected chi connectivity index (χ3v) is 4.18. The zero-order valence-corrected chi connectivity index (χ0v) is 16.7. The number of rotatable bonds is 9. The van der Waals surface area contributed by atoms with Crippen LogP contribution in [0, 0.1) is 0 Å². The van der Waals surface area contributed by atoms with Crippen LogP contribution < -0.4 is 0 Å². The van der Waals surface area contributed by atoms with Crippen molar-refractivity contribution in [2.75, 3.05) is 0 Å². The Labute approximate surface area is 164 Å². The van der Waals surface area contributed by atoms with Gasteiger partial charge in [-0.25, -0.2) is 0 Å². The lowest BCUT2D eigenvalue weighted by molar-refractivity contribution is 0.744. The maximum absolute atomic E-state index is 4.83. The van der Waals surface area contributed by atoms with Gasteiger partial charge in [-0.2, -0.15) is 0 Å². The number of hydrogen-bond acceptors (Lipinski definition) is 2. The summed E-state index contributed by atoms with van der Waals surface area (Å²) in [5.74, 6) is 0. The van der Waals surface area contributed by atoms with Crippen molar-refractivity contribution in [1.82, 2.24) is 0 Å². The summed E-state index contributed by atoms with van der Waals surface area (Å²) >= 11 is 0. The van der Waals surface area contributed by atoms with Gasteiger partial charge in [-0.1, -0.05) is 68.3 Å². The van der Waals surface area contributed by atoms with Gasteiger partial charge < -0.3 is 0 Å². The SMILES string of the molecule is C/C=C\c1ccc(N=CC(CCCCC)=Nc2ccc(/C=C\C)cc2)cc1. The molecule has 27 heavy (non-hydrogen) atoms. The molecule has 0 heterocycles. The topological polar surface area (TPSA) is 24.7 Å². The molecule has 0 spiro atoms. The maximum atomic E-state index is 4.83. The summed E-state index contributed by atoms with van der Waals surface area (Å²) < 4.78 is 0. The summed E-state index contributed by atoms with van der Waals surface area (Å²) in [5.41, 5.74) is 5.34. The van der Waals surface area contributed by atoms with Crippen LogP contribution in [0.4, 0.5) is 11.4 Å². The van der Waals surface area contributed by atoms with Crippen molar-refractivity contribution in [3.8, 4) is 0 Å². The van der Waals surface area contributed by atoms with Crippen LogP contribution in [-0.2, 0) is 0 Å². The highest BCUT2D eigenvalue weighted by atomic mass is 14.8. The number of aliphatic imine (C=N–C) groups is 2. The summed E-state index contributed by atoms with van der Waals surface area (Å²) in [6.07, 6.45) is 14.7. The van der Waals surface area contributed by atoms with E-state index in [9.17, 15) is 0 Å². The normalized spacial score (nSPS) is 12.6. The molecule has 2 aromatic carbocycles. The Morgan fingerprint density at radius 1 is 0.778 bits per heavy atom. The van der Waals surface area contributed by atoms with Gasteiger partial charge in [0.2, 0.25) is 0 Å². The first-order valence-corrected chi connectivity index (χ1v) is 9.82. The monoisotopic (exact) mass is 358 g/mol. The van der Waals surface area contributed by atoms with Crippen molar-refractivity contribution < 1.29 is 0 Å². The van der Waals surface area contributed by atoms with E-state index in [4.69, 9.17) is 4.99 Å². The second-order valence-corrected chi connectivity index (χ2v) is 6.50. The molecular weight excluding hydrogens is 328 g/mol. The first kappa shape index (κ1) is 20.6. The Hall–Kier alpha value is -2.74. The summed E-state index contributed by atoms with van der Waals surface area (Å²) in [6.45, 7) is 6.27. The molecule has 0 amide bonds. The highest BCUT2D eigenvalue weighted by Gasteiger charge is 1.99. The fourth-order valence-corrected chi connectivity index (χ4v) is 2.74. The van der Waals surface area contributed by atoms with Gasteiger partial charge in [0.1, 0.15) is 0 Å². The Kier molecular flexibility index (Phi) is 8.99. The van der Waals surface area contributed by atoms with Crippen molar-refractivity contribution in [2.45, 2.75) is 46.5 Å². The lowest BCUT2D eigenvalue weighted by Gasteiger charge is -2.03. The van der Waals surface area contributed by atoms with E-state index in [2.05, 4.69) is 60.5 Å². The average Bonchev–Trinajstić information content (AvgIpc) is 2.69. The van der Waals surface area contributed by atoms with E-state index in [0.29, 0.717) is 0 Å². The van der Waals surface area contributed by atoms with Gasteiger partial charge in [-0.15, -0.1) is 0 Å². The zero-order chi connectivity index (χ0) is 19.3. The second kappa shape index (κ2) is 11.8. The van der Waals surface area contributed by atoms with Crippen molar-refractivity contribution in [3.63, 3.8) is 0 Å². The zero-order valence-electron chi connectivity index (χ0n) is 16.7. The van der Waals surface area contributed by atoms with Crippen molar-refractivity contribution in [3.05, 3.63) is 71.8 Å². The molecule has 0 saturated carbocycles. The van der Waals surface area contributed by atoms with E-state index < -0.39 is 0 Å². The fourth-order valence-electron chi connectivity index (χ4n) is 2.74. The van der Waals surface area contributed by atoms with E-state index in [1.807, 2.05) is 44.3 Å². The van der Waals surface area contributed by atoms with Crippen LogP contribution in [-0.4, -0.2) is 11.9 Å². The van der Waals surface area contributed by atoms with E-state index in [0.717, 1.165) is 29.9 Å².